The van der Waals surface area contributed by atoms with Crippen LogP contribution < -0.4 is 4.74 Å². The zero-order valence-corrected chi connectivity index (χ0v) is 18.7. The zero-order chi connectivity index (χ0) is 21.8. The van der Waals surface area contributed by atoms with Crippen molar-refractivity contribution in [3.8, 4) is 22.8 Å². The summed E-state index contributed by atoms with van der Waals surface area (Å²) in [5.41, 5.74) is 2.29. The Balaban J connectivity index is 1.70. The number of carbonyl (C=O) groups excluding carboxylic acids is 1. The van der Waals surface area contributed by atoms with Gasteiger partial charge in [-0.2, -0.15) is 0 Å². The smallest absolute Gasteiger partial charge is 0.196 e. The van der Waals surface area contributed by atoms with Crippen LogP contribution in [-0.4, -0.2) is 37.5 Å². The van der Waals surface area contributed by atoms with Crippen LogP contribution in [0.3, 0.4) is 0 Å². The molecule has 0 aliphatic carbocycles. The van der Waals surface area contributed by atoms with Gasteiger partial charge in [0, 0.05) is 24.5 Å². The SMILES string of the molecule is CCOc1ccc(-n2c(SCC(=O)c3cccn3C)nnc2-c2ccccc2Cl)cc1. The monoisotopic (exact) mass is 452 g/mol. The van der Waals surface area contributed by atoms with E-state index in [1.54, 1.807) is 0 Å². The molecular formula is C23H21ClN4O2S. The molecule has 0 amide bonds. The summed E-state index contributed by atoms with van der Waals surface area (Å²) in [6.45, 7) is 2.54. The van der Waals surface area contributed by atoms with Crippen molar-refractivity contribution in [3.05, 3.63) is 77.6 Å². The summed E-state index contributed by atoms with van der Waals surface area (Å²) in [5, 5.41) is 9.97. The summed E-state index contributed by atoms with van der Waals surface area (Å²) in [6.07, 6.45) is 1.86. The number of ether oxygens (including phenoxy) is 1. The molecule has 31 heavy (non-hydrogen) atoms. The highest BCUT2D eigenvalue weighted by Gasteiger charge is 2.20. The van der Waals surface area contributed by atoms with Gasteiger partial charge in [-0.1, -0.05) is 35.5 Å². The Labute approximate surface area is 189 Å². The van der Waals surface area contributed by atoms with Gasteiger partial charge in [0.15, 0.2) is 16.8 Å². The van der Waals surface area contributed by atoms with Crippen LogP contribution in [0, 0.1) is 0 Å². The standard InChI is InChI=1S/C23H21ClN4O2S/c1-3-30-17-12-10-16(11-13-17)28-22(18-7-4-5-8-19(18)24)25-26-23(28)31-15-21(29)20-9-6-14-27(20)2/h4-14H,3,15H2,1-2H3. The van der Waals surface area contributed by atoms with Gasteiger partial charge in [-0.25, -0.2) is 0 Å². The van der Waals surface area contributed by atoms with Gasteiger partial charge < -0.3 is 9.30 Å². The molecule has 0 radical (unpaired) electrons. The van der Waals surface area contributed by atoms with Gasteiger partial charge in [0.05, 0.1) is 23.1 Å². The molecule has 2 aromatic carbocycles. The van der Waals surface area contributed by atoms with Gasteiger partial charge >= 0.3 is 0 Å². The molecule has 0 fully saturated rings. The van der Waals surface area contributed by atoms with Crippen LogP contribution in [0.4, 0.5) is 0 Å². The molecule has 2 aromatic heterocycles. The molecule has 4 aromatic rings. The molecule has 8 heteroatoms. The minimum absolute atomic E-state index is 0.0260. The minimum atomic E-state index is 0.0260. The molecule has 0 saturated carbocycles. The first-order valence-electron chi connectivity index (χ1n) is 9.79. The number of Topliss-reactive ketones (excluding diaryl/α,β-unsaturated/α-hetero) is 1. The number of rotatable bonds is 8. The molecule has 0 N–H and O–H groups in total. The Morgan fingerprint density at radius 1 is 1.06 bits per heavy atom. The van der Waals surface area contributed by atoms with Crippen molar-refractivity contribution in [2.24, 2.45) is 7.05 Å². The fourth-order valence-corrected chi connectivity index (χ4v) is 4.27. The quantitative estimate of drug-likeness (QED) is 0.268. The summed E-state index contributed by atoms with van der Waals surface area (Å²) in [5.74, 6) is 1.67. The van der Waals surface area contributed by atoms with Crippen LogP contribution in [0.5, 0.6) is 5.75 Å². The fourth-order valence-electron chi connectivity index (χ4n) is 3.23. The first-order chi connectivity index (χ1) is 15.1. The van der Waals surface area contributed by atoms with Crippen molar-refractivity contribution in [1.29, 1.82) is 0 Å². The highest BCUT2D eigenvalue weighted by atomic mass is 35.5. The van der Waals surface area contributed by atoms with E-state index in [0.717, 1.165) is 17.0 Å². The largest absolute Gasteiger partial charge is 0.494 e. The third kappa shape index (κ3) is 4.52. The van der Waals surface area contributed by atoms with Gasteiger partial charge in [-0.15, -0.1) is 10.2 Å². The number of aryl methyl sites for hydroxylation is 1. The van der Waals surface area contributed by atoms with Crippen molar-refractivity contribution in [2.75, 3.05) is 12.4 Å². The van der Waals surface area contributed by atoms with Crippen LogP contribution >= 0.6 is 23.4 Å². The number of ketones is 1. The van der Waals surface area contributed by atoms with Crippen LogP contribution in [0.1, 0.15) is 17.4 Å². The lowest BCUT2D eigenvalue weighted by atomic mass is 10.2. The lowest BCUT2D eigenvalue weighted by molar-refractivity contribution is 0.101. The van der Waals surface area contributed by atoms with Gasteiger partial charge in [0.2, 0.25) is 0 Å². The van der Waals surface area contributed by atoms with E-state index in [1.165, 1.54) is 11.8 Å². The van der Waals surface area contributed by atoms with Crippen molar-refractivity contribution in [1.82, 2.24) is 19.3 Å². The maximum Gasteiger partial charge on any atom is 0.196 e. The lowest BCUT2D eigenvalue weighted by Gasteiger charge is -2.12. The lowest BCUT2D eigenvalue weighted by Crippen LogP contribution is -2.09. The molecule has 0 aliphatic rings. The Morgan fingerprint density at radius 3 is 2.52 bits per heavy atom. The third-order valence-corrected chi connectivity index (χ3v) is 5.97. The third-order valence-electron chi connectivity index (χ3n) is 4.72. The van der Waals surface area contributed by atoms with Crippen molar-refractivity contribution >= 4 is 29.1 Å². The Kier molecular flexibility index (Phi) is 6.44. The van der Waals surface area contributed by atoms with E-state index in [-0.39, 0.29) is 11.5 Å². The summed E-state index contributed by atoms with van der Waals surface area (Å²) >= 11 is 7.79. The number of nitrogens with zero attached hydrogens (tertiary/aromatic N) is 4. The maximum absolute atomic E-state index is 12.7. The second-order valence-electron chi connectivity index (χ2n) is 6.76. The molecule has 0 aliphatic heterocycles. The van der Waals surface area contributed by atoms with E-state index in [4.69, 9.17) is 16.3 Å². The molecular weight excluding hydrogens is 432 g/mol. The van der Waals surface area contributed by atoms with Gasteiger partial charge in [-0.3, -0.25) is 9.36 Å². The van der Waals surface area contributed by atoms with Crippen LogP contribution in [0.15, 0.2) is 72.0 Å². The molecule has 158 valence electrons. The molecule has 0 spiro atoms. The fraction of sp³-hybridized carbons (Fsp3) is 0.174. The summed E-state index contributed by atoms with van der Waals surface area (Å²) in [6, 6.07) is 18.9. The number of benzene rings is 2. The van der Waals surface area contributed by atoms with E-state index >= 15 is 0 Å². The number of aromatic nitrogens is 4. The maximum atomic E-state index is 12.7. The molecule has 0 bridgehead atoms. The molecule has 0 unspecified atom stereocenters. The first kappa shape index (κ1) is 21.2. The number of carbonyl (C=O) groups is 1. The molecule has 4 rings (SSSR count). The van der Waals surface area contributed by atoms with Gasteiger partial charge in [-0.05, 0) is 55.5 Å². The first-order valence-corrected chi connectivity index (χ1v) is 11.2. The van der Waals surface area contributed by atoms with E-state index < -0.39 is 0 Å². The second kappa shape index (κ2) is 9.41. The summed E-state index contributed by atoms with van der Waals surface area (Å²) in [4.78, 5) is 12.7. The Morgan fingerprint density at radius 2 is 1.84 bits per heavy atom. The number of hydrogen-bond acceptors (Lipinski definition) is 5. The summed E-state index contributed by atoms with van der Waals surface area (Å²) in [7, 11) is 1.86. The molecule has 0 saturated heterocycles. The predicted octanol–water partition coefficient (Wildman–Crippen LogP) is 5.30. The predicted molar refractivity (Wildman–Crippen MR) is 123 cm³/mol. The van der Waals surface area contributed by atoms with Crippen LogP contribution in [0.25, 0.3) is 17.1 Å². The average Bonchev–Trinajstić information content (AvgIpc) is 3.39. The molecule has 2 heterocycles. The molecule has 6 nitrogen and oxygen atoms in total. The van der Waals surface area contributed by atoms with Gasteiger partial charge in [0.25, 0.3) is 0 Å². The minimum Gasteiger partial charge on any atom is -0.494 e. The highest BCUT2D eigenvalue weighted by Crippen LogP contribution is 2.32. The molecule has 0 atom stereocenters. The Bertz CT molecular complexity index is 1200. The average molecular weight is 453 g/mol. The van der Waals surface area contributed by atoms with E-state index in [1.807, 2.05) is 90.0 Å². The topological polar surface area (TPSA) is 61.9 Å². The summed E-state index contributed by atoms with van der Waals surface area (Å²) < 4.78 is 9.29. The second-order valence-corrected chi connectivity index (χ2v) is 8.11. The number of thioether (sulfide) groups is 1. The van der Waals surface area contributed by atoms with Crippen molar-refractivity contribution in [2.45, 2.75) is 12.1 Å². The van der Waals surface area contributed by atoms with E-state index in [2.05, 4.69) is 10.2 Å². The van der Waals surface area contributed by atoms with E-state index in [9.17, 15) is 4.79 Å². The number of halogens is 1. The van der Waals surface area contributed by atoms with E-state index in [0.29, 0.717) is 28.3 Å². The Hall–Kier alpha value is -3.03. The van der Waals surface area contributed by atoms with Crippen molar-refractivity contribution < 1.29 is 9.53 Å². The van der Waals surface area contributed by atoms with Crippen LogP contribution in [0.2, 0.25) is 5.02 Å². The van der Waals surface area contributed by atoms with Crippen LogP contribution in [-0.2, 0) is 7.05 Å². The van der Waals surface area contributed by atoms with Gasteiger partial charge in [0.1, 0.15) is 5.75 Å². The normalized spacial score (nSPS) is 10.9. The highest BCUT2D eigenvalue weighted by molar-refractivity contribution is 7.99. The number of hydrogen-bond donors (Lipinski definition) is 0. The van der Waals surface area contributed by atoms with Crippen molar-refractivity contribution in [3.63, 3.8) is 0 Å². The zero-order valence-electron chi connectivity index (χ0n) is 17.2.